The first-order chi connectivity index (χ1) is 18.4. The highest BCUT2D eigenvalue weighted by atomic mass is 19.1. The third-order valence-electron chi connectivity index (χ3n) is 5.93. The van der Waals surface area contributed by atoms with Crippen molar-refractivity contribution in [1.82, 2.24) is 29.1 Å². The van der Waals surface area contributed by atoms with Crippen molar-refractivity contribution in [2.45, 2.75) is 33.4 Å². The van der Waals surface area contributed by atoms with Crippen molar-refractivity contribution < 1.29 is 14.3 Å². The van der Waals surface area contributed by atoms with Crippen LogP contribution in [-0.2, 0) is 11.3 Å². The van der Waals surface area contributed by atoms with E-state index in [0.717, 1.165) is 29.1 Å². The second kappa shape index (κ2) is 12.1. The Kier molecular flexibility index (Phi) is 8.39. The van der Waals surface area contributed by atoms with E-state index in [1.807, 2.05) is 52.9 Å². The Hall–Kier alpha value is -4.64. The van der Waals surface area contributed by atoms with E-state index in [1.54, 1.807) is 31.5 Å². The number of aliphatic hydroxyl groups excluding tert-OH is 1. The zero-order valence-electron chi connectivity index (χ0n) is 21.3. The second-order valence-corrected chi connectivity index (χ2v) is 8.49. The Morgan fingerprint density at radius 3 is 2.66 bits per heavy atom. The van der Waals surface area contributed by atoms with Gasteiger partial charge in [0.15, 0.2) is 11.5 Å². The summed E-state index contributed by atoms with van der Waals surface area (Å²) in [5.41, 5.74) is 5.33. The summed E-state index contributed by atoms with van der Waals surface area (Å²) in [7, 11) is 0. The molecule has 4 aromatic heterocycles. The molecule has 0 bridgehead atoms. The molecule has 3 N–H and O–H groups in total. The fourth-order valence-electron chi connectivity index (χ4n) is 3.90. The van der Waals surface area contributed by atoms with E-state index in [4.69, 9.17) is 0 Å². The minimum Gasteiger partial charge on any atom is -0.394 e. The van der Waals surface area contributed by atoms with Crippen LogP contribution in [0, 0.1) is 19.7 Å². The lowest BCUT2D eigenvalue weighted by atomic mass is 10.1. The van der Waals surface area contributed by atoms with E-state index in [9.17, 15) is 14.3 Å². The van der Waals surface area contributed by atoms with Gasteiger partial charge in [-0.05, 0) is 44.5 Å². The van der Waals surface area contributed by atoms with Gasteiger partial charge in [-0.3, -0.25) is 18.9 Å². The van der Waals surface area contributed by atoms with Crippen LogP contribution >= 0.6 is 0 Å². The molecule has 1 atom stereocenters. The van der Waals surface area contributed by atoms with Gasteiger partial charge in [0.05, 0.1) is 36.4 Å². The lowest BCUT2D eigenvalue weighted by Gasteiger charge is -2.18. The van der Waals surface area contributed by atoms with Crippen molar-refractivity contribution in [3.8, 4) is 11.3 Å². The zero-order valence-corrected chi connectivity index (χ0v) is 21.3. The van der Waals surface area contributed by atoms with Gasteiger partial charge in [-0.2, -0.15) is 5.10 Å². The molecule has 1 aromatic carbocycles. The number of amides is 1. The van der Waals surface area contributed by atoms with E-state index in [1.165, 1.54) is 6.07 Å². The van der Waals surface area contributed by atoms with E-state index >= 15 is 0 Å². The lowest BCUT2D eigenvalue weighted by molar-refractivity contribution is -0.105. The molecule has 5 aromatic rings. The number of aliphatic hydroxyl groups is 1. The minimum absolute atomic E-state index is 0.0791. The number of pyridine rings is 1. The van der Waals surface area contributed by atoms with Crippen molar-refractivity contribution in [3.63, 3.8) is 0 Å². The average Bonchev–Trinajstić information content (AvgIpc) is 3.58. The van der Waals surface area contributed by atoms with E-state index in [2.05, 4.69) is 37.6 Å². The summed E-state index contributed by atoms with van der Waals surface area (Å²) < 4.78 is 16.6. The number of nitrogens with zero attached hydrogens (tertiary/aromatic N) is 6. The van der Waals surface area contributed by atoms with E-state index < -0.39 is 0 Å². The van der Waals surface area contributed by atoms with Gasteiger partial charge in [-0.25, -0.2) is 14.4 Å². The molecule has 0 saturated carbocycles. The SMILES string of the molecule is CCn1cc(-c2cnc3c(NC(CO)c4cccnc4)nc(C)cn23)cn1.Cc1c(F)cccc1NC=O. The molecule has 0 fully saturated rings. The monoisotopic (exact) mass is 516 g/mol. The number of hydrogen-bond donors (Lipinski definition) is 3. The zero-order chi connectivity index (χ0) is 27.1. The maximum absolute atomic E-state index is 12.7. The fraction of sp³-hybridized carbons (Fsp3) is 0.222. The molecule has 1 amide bonds. The summed E-state index contributed by atoms with van der Waals surface area (Å²) in [5.74, 6) is 0.309. The maximum Gasteiger partial charge on any atom is 0.211 e. The van der Waals surface area contributed by atoms with Crippen molar-refractivity contribution in [2.75, 3.05) is 17.2 Å². The van der Waals surface area contributed by atoms with Gasteiger partial charge in [-0.1, -0.05) is 12.1 Å². The van der Waals surface area contributed by atoms with Gasteiger partial charge in [0.1, 0.15) is 5.82 Å². The number of aryl methyl sites for hydroxylation is 2. The van der Waals surface area contributed by atoms with Gasteiger partial charge in [0.25, 0.3) is 0 Å². The molecule has 0 aliphatic carbocycles. The predicted molar refractivity (Wildman–Crippen MR) is 143 cm³/mol. The van der Waals surface area contributed by atoms with Crippen LogP contribution in [-0.4, -0.2) is 47.3 Å². The number of rotatable bonds is 8. The number of halogens is 1. The molecule has 5 rings (SSSR count). The standard InChI is InChI=1S/C19H21N7O.C8H8FNO/c1-3-25-11-15(8-22-25)17-9-21-19-18(23-13(2)10-26(17)19)24-16(12-27)14-5-4-6-20-7-14;1-6-7(9)3-2-4-8(6)10-5-11/h4-11,16,27H,3,12H2,1-2H3,(H,23,24);2-5H,1H3,(H,10,11). The third-order valence-corrected chi connectivity index (χ3v) is 5.93. The van der Waals surface area contributed by atoms with E-state index in [-0.39, 0.29) is 18.5 Å². The number of carbonyl (C=O) groups excluding carboxylic acids is 1. The first kappa shape index (κ1) is 26.4. The molecule has 10 nitrogen and oxygen atoms in total. The molecule has 1 unspecified atom stereocenters. The third kappa shape index (κ3) is 5.84. The molecule has 0 radical (unpaired) electrons. The summed E-state index contributed by atoms with van der Waals surface area (Å²) in [6, 6.07) is 7.99. The van der Waals surface area contributed by atoms with Crippen LogP contribution in [0.5, 0.6) is 0 Å². The van der Waals surface area contributed by atoms with Crippen LogP contribution in [0.2, 0.25) is 0 Å². The van der Waals surface area contributed by atoms with Crippen LogP contribution in [0.15, 0.2) is 67.5 Å². The summed E-state index contributed by atoms with van der Waals surface area (Å²) in [5, 5.41) is 19.9. The highest BCUT2D eigenvalue weighted by Crippen LogP contribution is 2.26. The first-order valence-electron chi connectivity index (χ1n) is 12.0. The number of imidazole rings is 1. The smallest absolute Gasteiger partial charge is 0.211 e. The lowest BCUT2D eigenvalue weighted by Crippen LogP contribution is -2.17. The highest BCUT2D eigenvalue weighted by molar-refractivity contribution is 5.73. The van der Waals surface area contributed by atoms with Gasteiger partial charge in [0, 0.05) is 48.1 Å². The molecule has 38 heavy (non-hydrogen) atoms. The van der Waals surface area contributed by atoms with Crippen LogP contribution in [0.1, 0.15) is 29.8 Å². The number of benzene rings is 1. The Bertz CT molecular complexity index is 1520. The quantitative estimate of drug-likeness (QED) is 0.265. The number of anilines is 2. The van der Waals surface area contributed by atoms with E-state index in [0.29, 0.717) is 29.1 Å². The summed E-state index contributed by atoms with van der Waals surface area (Å²) in [6.45, 7) is 6.33. The van der Waals surface area contributed by atoms with Crippen LogP contribution in [0.4, 0.5) is 15.9 Å². The topological polar surface area (TPSA) is 122 Å². The normalized spacial score (nSPS) is 11.5. The average molecular weight is 517 g/mol. The van der Waals surface area contributed by atoms with Crippen LogP contribution in [0.3, 0.4) is 0 Å². The van der Waals surface area contributed by atoms with Gasteiger partial charge < -0.3 is 15.7 Å². The summed E-state index contributed by atoms with van der Waals surface area (Å²) >= 11 is 0. The second-order valence-electron chi connectivity index (χ2n) is 8.49. The predicted octanol–water partition coefficient (Wildman–Crippen LogP) is 4.16. The first-order valence-corrected chi connectivity index (χ1v) is 12.0. The number of aromatic nitrogens is 6. The molecular formula is C27H29FN8O2. The number of hydrogen-bond acceptors (Lipinski definition) is 7. The molecule has 0 aliphatic rings. The largest absolute Gasteiger partial charge is 0.394 e. The number of nitrogens with one attached hydrogen (secondary N) is 2. The fourth-order valence-corrected chi connectivity index (χ4v) is 3.90. The maximum atomic E-state index is 12.7. The van der Waals surface area contributed by atoms with Gasteiger partial charge in [0.2, 0.25) is 6.41 Å². The summed E-state index contributed by atoms with van der Waals surface area (Å²) in [4.78, 5) is 23.3. The Balaban J connectivity index is 0.000000257. The molecular weight excluding hydrogens is 487 g/mol. The number of carbonyl (C=O) groups is 1. The van der Waals surface area contributed by atoms with Crippen LogP contribution in [0.25, 0.3) is 16.9 Å². The summed E-state index contributed by atoms with van der Waals surface area (Å²) in [6.07, 6.45) is 11.6. The van der Waals surface area contributed by atoms with Crippen molar-refractivity contribution >= 4 is 23.6 Å². The molecule has 196 valence electrons. The Labute approximate surface area is 219 Å². The minimum atomic E-state index is -0.320. The highest BCUT2D eigenvalue weighted by Gasteiger charge is 2.17. The van der Waals surface area contributed by atoms with Crippen molar-refractivity contribution in [2.24, 2.45) is 0 Å². The van der Waals surface area contributed by atoms with Crippen LogP contribution < -0.4 is 10.6 Å². The Morgan fingerprint density at radius 2 is 1.97 bits per heavy atom. The molecule has 0 saturated heterocycles. The molecule has 4 heterocycles. The van der Waals surface area contributed by atoms with Crippen molar-refractivity contribution in [3.05, 3.63) is 90.2 Å². The van der Waals surface area contributed by atoms with Gasteiger partial charge in [-0.15, -0.1) is 0 Å². The van der Waals surface area contributed by atoms with Gasteiger partial charge >= 0.3 is 0 Å². The molecule has 0 spiro atoms. The Morgan fingerprint density at radius 1 is 1.13 bits per heavy atom. The molecule has 0 aliphatic heterocycles. The molecule has 11 heteroatoms. The number of fused-ring (bicyclic) bond motifs is 1. The van der Waals surface area contributed by atoms with Crippen molar-refractivity contribution in [1.29, 1.82) is 0 Å².